The molecule has 21 heavy (non-hydrogen) atoms. The smallest absolute Gasteiger partial charge is 0.238 e. The number of nitrogens with one attached hydrogen (secondary N) is 1. The Kier molecular flexibility index (Phi) is 6.14. The molecular formula is C12H20N2O5S2. The van der Waals surface area contributed by atoms with Gasteiger partial charge in [0, 0.05) is 12.1 Å². The highest BCUT2D eigenvalue weighted by atomic mass is 32.2. The molecule has 9 heteroatoms. The molecule has 0 bridgehead atoms. The Morgan fingerprint density at radius 1 is 1.24 bits per heavy atom. The van der Waals surface area contributed by atoms with Gasteiger partial charge in [0.05, 0.1) is 17.8 Å². The molecule has 0 saturated carbocycles. The summed E-state index contributed by atoms with van der Waals surface area (Å²) in [4.78, 5) is -0.0916. The summed E-state index contributed by atoms with van der Waals surface area (Å²) in [6, 6.07) is 4.05. The molecule has 0 fully saturated rings. The zero-order valence-corrected chi connectivity index (χ0v) is 13.6. The van der Waals surface area contributed by atoms with E-state index in [9.17, 15) is 16.8 Å². The molecule has 0 unspecified atom stereocenters. The van der Waals surface area contributed by atoms with Crippen LogP contribution in [-0.2, 0) is 26.6 Å². The highest BCUT2D eigenvalue weighted by Gasteiger charge is 2.14. The van der Waals surface area contributed by atoms with Crippen molar-refractivity contribution in [3.05, 3.63) is 23.8 Å². The van der Waals surface area contributed by atoms with Crippen molar-refractivity contribution in [3.8, 4) is 5.75 Å². The first-order valence-corrected chi connectivity index (χ1v) is 9.56. The molecule has 0 saturated heterocycles. The molecule has 0 aromatic heterocycles. The van der Waals surface area contributed by atoms with E-state index in [1.54, 1.807) is 0 Å². The fourth-order valence-corrected chi connectivity index (χ4v) is 3.42. The van der Waals surface area contributed by atoms with Gasteiger partial charge in [-0.05, 0) is 24.6 Å². The lowest BCUT2D eigenvalue weighted by molar-refractivity contribution is 0.408. The minimum absolute atomic E-state index is 0.0285. The van der Waals surface area contributed by atoms with Crippen molar-refractivity contribution in [2.45, 2.75) is 31.2 Å². The van der Waals surface area contributed by atoms with Crippen molar-refractivity contribution in [1.29, 1.82) is 0 Å². The van der Waals surface area contributed by atoms with Gasteiger partial charge in [-0.3, -0.25) is 0 Å². The lowest BCUT2D eigenvalue weighted by Gasteiger charge is -2.11. The van der Waals surface area contributed by atoms with Crippen LogP contribution >= 0.6 is 0 Å². The molecule has 0 spiro atoms. The topological polar surface area (TPSA) is 116 Å². The Bertz CT molecular complexity index is 684. The number of benzene rings is 1. The maximum atomic E-state index is 11.7. The van der Waals surface area contributed by atoms with E-state index < -0.39 is 20.0 Å². The van der Waals surface area contributed by atoms with Crippen LogP contribution in [0, 0.1) is 0 Å². The third-order valence-electron chi connectivity index (χ3n) is 2.83. The average molecular weight is 336 g/mol. The van der Waals surface area contributed by atoms with E-state index in [2.05, 4.69) is 4.72 Å². The monoisotopic (exact) mass is 336 g/mol. The van der Waals surface area contributed by atoms with Crippen LogP contribution in [0.3, 0.4) is 0 Å². The Hall–Kier alpha value is -1.16. The van der Waals surface area contributed by atoms with Gasteiger partial charge in [-0.25, -0.2) is 26.7 Å². The van der Waals surface area contributed by atoms with Gasteiger partial charge in [-0.2, -0.15) is 0 Å². The van der Waals surface area contributed by atoms with Gasteiger partial charge < -0.3 is 4.74 Å². The van der Waals surface area contributed by atoms with Gasteiger partial charge in [-0.1, -0.05) is 13.3 Å². The molecule has 0 heterocycles. The number of methoxy groups -OCH3 is 1. The summed E-state index contributed by atoms with van der Waals surface area (Å²) in [6.45, 7) is 1.84. The maximum absolute atomic E-state index is 11.7. The molecule has 0 amide bonds. The predicted molar refractivity (Wildman–Crippen MR) is 79.9 cm³/mol. The van der Waals surface area contributed by atoms with E-state index in [0.29, 0.717) is 17.7 Å². The summed E-state index contributed by atoms with van der Waals surface area (Å²) in [5.41, 5.74) is 0.407. The van der Waals surface area contributed by atoms with Crippen molar-refractivity contribution in [1.82, 2.24) is 4.72 Å². The Morgan fingerprint density at radius 2 is 1.90 bits per heavy atom. The minimum Gasteiger partial charge on any atom is -0.496 e. The van der Waals surface area contributed by atoms with Crippen LogP contribution in [0.15, 0.2) is 23.1 Å². The van der Waals surface area contributed by atoms with E-state index in [1.807, 2.05) is 6.92 Å². The van der Waals surface area contributed by atoms with E-state index in [0.717, 1.165) is 6.42 Å². The number of sulfonamides is 2. The third-order valence-corrected chi connectivity index (χ3v) is 5.15. The zero-order valence-electron chi connectivity index (χ0n) is 12.0. The number of unbranched alkanes of at least 4 members (excludes halogenated alkanes) is 1. The SMILES string of the molecule is CCCCS(=O)(=O)NCc1cc(S(N)(=O)=O)ccc1OC. The molecule has 0 aliphatic carbocycles. The number of ether oxygens (including phenoxy) is 1. The number of hydrogen-bond acceptors (Lipinski definition) is 5. The summed E-state index contributed by atoms with van der Waals surface area (Å²) in [5, 5.41) is 5.06. The van der Waals surface area contributed by atoms with Crippen LogP contribution < -0.4 is 14.6 Å². The lowest BCUT2D eigenvalue weighted by Crippen LogP contribution is -2.26. The van der Waals surface area contributed by atoms with Crippen LogP contribution in [0.5, 0.6) is 5.75 Å². The van der Waals surface area contributed by atoms with Gasteiger partial charge in [0.25, 0.3) is 0 Å². The predicted octanol–water partition coefficient (Wildman–Crippen LogP) is 0.562. The molecule has 1 rings (SSSR count). The molecule has 0 aliphatic rings. The van der Waals surface area contributed by atoms with Gasteiger partial charge in [0.2, 0.25) is 20.0 Å². The van der Waals surface area contributed by atoms with Gasteiger partial charge >= 0.3 is 0 Å². The highest BCUT2D eigenvalue weighted by Crippen LogP contribution is 2.22. The average Bonchev–Trinajstić information content (AvgIpc) is 2.41. The molecule has 7 nitrogen and oxygen atoms in total. The van der Waals surface area contributed by atoms with E-state index in [-0.39, 0.29) is 17.2 Å². The molecule has 1 aromatic carbocycles. The normalized spacial score (nSPS) is 12.3. The highest BCUT2D eigenvalue weighted by molar-refractivity contribution is 7.89. The molecule has 120 valence electrons. The van der Waals surface area contributed by atoms with Crippen molar-refractivity contribution >= 4 is 20.0 Å². The van der Waals surface area contributed by atoms with Gasteiger partial charge in [0.15, 0.2) is 0 Å². The second-order valence-electron chi connectivity index (χ2n) is 4.51. The van der Waals surface area contributed by atoms with Crippen LogP contribution in [0.1, 0.15) is 25.3 Å². The lowest BCUT2D eigenvalue weighted by atomic mass is 10.2. The van der Waals surface area contributed by atoms with Crippen LogP contribution in [0.25, 0.3) is 0 Å². The summed E-state index contributed by atoms with van der Waals surface area (Å²) >= 11 is 0. The summed E-state index contributed by atoms with van der Waals surface area (Å²) in [5.74, 6) is 0.418. The molecule has 0 radical (unpaired) electrons. The molecule has 3 N–H and O–H groups in total. The van der Waals surface area contributed by atoms with E-state index in [4.69, 9.17) is 9.88 Å². The van der Waals surface area contributed by atoms with E-state index >= 15 is 0 Å². The maximum Gasteiger partial charge on any atom is 0.238 e. The van der Waals surface area contributed by atoms with Gasteiger partial charge in [0.1, 0.15) is 5.75 Å². The Morgan fingerprint density at radius 3 is 2.43 bits per heavy atom. The first-order valence-electron chi connectivity index (χ1n) is 6.36. The summed E-state index contributed by atoms with van der Waals surface area (Å²) < 4.78 is 53.7. The second-order valence-corrected chi connectivity index (χ2v) is 8.00. The zero-order chi connectivity index (χ0) is 16.1. The molecular weight excluding hydrogens is 316 g/mol. The fraction of sp³-hybridized carbons (Fsp3) is 0.500. The quantitative estimate of drug-likeness (QED) is 0.720. The standard InChI is InChI=1S/C12H20N2O5S2/c1-3-4-7-20(15,16)14-9-10-8-11(21(13,17)18)5-6-12(10)19-2/h5-6,8,14H,3-4,7,9H2,1-2H3,(H2,13,17,18). The molecule has 1 aromatic rings. The number of nitrogens with two attached hydrogens (primary N) is 1. The van der Waals surface area contributed by atoms with Crippen molar-refractivity contribution in [3.63, 3.8) is 0 Å². The third kappa shape index (κ3) is 5.62. The first-order chi connectivity index (χ1) is 9.69. The van der Waals surface area contributed by atoms with Crippen molar-refractivity contribution < 1.29 is 21.6 Å². The Balaban J connectivity index is 2.96. The van der Waals surface area contributed by atoms with Crippen LogP contribution in [0.4, 0.5) is 0 Å². The van der Waals surface area contributed by atoms with Crippen LogP contribution in [0.2, 0.25) is 0 Å². The largest absolute Gasteiger partial charge is 0.496 e. The van der Waals surface area contributed by atoms with E-state index in [1.165, 1.54) is 25.3 Å². The van der Waals surface area contributed by atoms with Crippen LogP contribution in [-0.4, -0.2) is 29.7 Å². The summed E-state index contributed by atoms with van der Waals surface area (Å²) in [6.07, 6.45) is 1.33. The molecule has 0 aliphatic heterocycles. The molecule has 0 atom stereocenters. The number of primary sulfonamides is 1. The number of hydrogen-bond donors (Lipinski definition) is 2. The fourth-order valence-electron chi connectivity index (χ4n) is 1.66. The minimum atomic E-state index is -3.85. The first kappa shape index (κ1) is 17.9. The second kappa shape index (κ2) is 7.21. The van der Waals surface area contributed by atoms with Crippen molar-refractivity contribution in [2.24, 2.45) is 5.14 Å². The Labute approximate surface area is 125 Å². The van der Waals surface area contributed by atoms with Gasteiger partial charge in [-0.15, -0.1) is 0 Å². The summed E-state index contributed by atoms with van der Waals surface area (Å²) in [7, 11) is -5.83. The van der Waals surface area contributed by atoms with Crippen molar-refractivity contribution in [2.75, 3.05) is 12.9 Å². The number of rotatable bonds is 8.